The topological polar surface area (TPSA) is 125 Å². The van der Waals surface area contributed by atoms with Crippen LogP contribution in [-0.2, 0) is 50.9 Å². The second-order valence-electron chi connectivity index (χ2n) is 8.79. The predicted octanol–water partition coefficient (Wildman–Crippen LogP) is 0.666. The van der Waals surface area contributed by atoms with Crippen molar-refractivity contribution in [2.45, 2.75) is 12.8 Å². The Morgan fingerprint density at radius 3 is 1.30 bits per heavy atom. The smallest absolute Gasteiger partial charge is 0.228 e. The first kappa shape index (κ1) is 36.1. The summed E-state index contributed by atoms with van der Waals surface area (Å²) in [5.74, 6) is 0.237. The monoisotopic (exact) mass is 635 g/mol. The van der Waals surface area contributed by atoms with Gasteiger partial charge in [-0.05, 0) is 15.9 Å². The summed E-state index contributed by atoms with van der Waals surface area (Å²) >= 11 is 3.50. The van der Waals surface area contributed by atoms with Crippen LogP contribution in [0.25, 0.3) is 0 Å². The molecule has 2 amide bonds. The molecule has 1 heterocycles. The summed E-state index contributed by atoms with van der Waals surface area (Å²) in [6.45, 7) is 5.15. The van der Waals surface area contributed by atoms with Crippen LogP contribution in [0.2, 0.25) is 0 Å². The molecule has 0 aliphatic heterocycles. The zero-order valence-electron chi connectivity index (χ0n) is 24.8. The van der Waals surface area contributed by atoms with Gasteiger partial charge in [0.2, 0.25) is 11.8 Å². The molecule has 13 nitrogen and oxygen atoms in total. The van der Waals surface area contributed by atoms with Crippen molar-refractivity contribution < 1.29 is 38.0 Å². The number of carbonyl (C=O) groups is 2. The molecule has 0 aliphatic carbocycles. The van der Waals surface area contributed by atoms with Gasteiger partial charge in [-0.2, -0.15) is 0 Å². The van der Waals surface area contributed by atoms with Gasteiger partial charge in [-0.3, -0.25) is 9.59 Å². The van der Waals surface area contributed by atoms with Crippen molar-refractivity contribution in [1.82, 2.24) is 19.8 Å². The number of nitrogens with zero attached hydrogens (tertiary/aromatic N) is 5. The van der Waals surface area contributed by atoms with E-state index in [1.165, 1.54) is 0 Å². The van der Waals surface area contributed by atoms with Gasteiger partial charge in [0.15, 0.2) is 5.82 Å². The molecule has 0 radical (unpaired) electrons. The molecule has 40 heavy (non-hydrogen) atoms. The van der Waals surface area contributed by atoms with Gasteiger partial charge in [0.25, 0.3) is 0 Å². The first-order valence-electron chi connectivity index (χ1n) is 13.2. The van der Waals surface area contributed by atoms with Crippen LogP contribution >= 0.6 is 15.9 Å². The molecule has 0 N–H and O–H groups in total. The standard InChI is InChI=1S/C26H46BrN5O8/c1-35-13-7-30(8-14-36-2)23(33)19-21-25(27)28-22(20-24(34)31(9-15-37-3)10-16-38-4)26(29-21)32(11-17-39-5)12-18-40-6/h7-20H2,1-6H3. The maximum Gasteiger partial charge on any atom is 0.228 e. The van der Waals surface area contributed by atoms with Crippen LogP contribution in [0.1, 0.15) is 11.4 Å². The Morgan fingerprint density at radius 2 is 0.925 bits per heavy atom. The van der Waals surface area contributed by atoms with Crippen molar-refractivity contribution in [3.8, 4) is 0 Å². The van der Waals surface area contributed by atoms with Gasteiger partial charge in [-0.1, -0.05) is 0 Å². The minimum Gasteiger partial charge on any atom is -0.383 e. The number of hydrogen-bond acceptors (Lipinski definition) is 11. The van der Waals surface area contributed by atoms with Crippen LogP contribution in [0.5, 0.6) is 0 Å². The average Bonchev–Trinajstić information content (AvgIpc) is 2.94. The number of halogens is 1. The number of carbonyl (C=O) groups excluding carboxylic acids is 2. The molecule has 0 fully saturated rings. The number of hydrogen-bond donors (Lipinski definition) is 0. The number of anilines is 1. The lowest BCUT2D eigenvalue weighted by molar-refractivity contribution is -0.132. The molecule has 0 aliphatic rings. The Morgan fingerprint density at radius 1 is 0.575 bits per heavy atom. The maximum atomic E-state index is 13.4. The fraction of sp³-hybridized carbons (Fsp3) is 0.769. The molecule has 230 valence electrons. The van der Waals surface area contributed by atoms with E-state index in [0.717, 1.165) is 0 Å². The fourth-order valence-electron chi connectivity index (χ4n) is 3.72. The van der Waals surface area contributed by atoms with E-state index in [4.69, 9.17) is 38.4 Å². The quantitative estimate of drug-likeness (QED) is 0.168. The highest BCUT2D eigenvalue weighted by Crippen LogP contribution is 2.24. The number of amides is 2. The Bertz CT molecular complexity index is 843. The van der Waals surface area contributed by atoms with Crippen LogP contribution in [0, 0.1) is 0 Å². The van der Waals surface area contributed by atoms with Crippen molar-refractivity contribution in [2.75, 3.05) is 126 Å². The van der Waals surface area contributed by atoms with Crippen LogP contribution in [0.3, 0.4) is 0 Å². The van der Waals surface area contributed by atoms with E-state index in [9.17, 15) is 9.59 Å². The Labute approximate surface area is 246 Å². The van der Waals surface area contributed by atoms with Crippen molar-refractivity contribution in [3.63, 3.8) is 0 Å². The minimum atomic E-state index is -0.135. The number of rotatable bonds is 23. The van der Waals surface area contributed by atoms with Crippen molar-refractivity contribution in [1.29, 1.82) is 0 Å². The minimum absolute atomic E-state index is 0.00680. The molecule has 1 aromatic heterocycles. The normalized spacial score (nSPS) is 11.1. The number of methoxy groups -OCH3 is 6. The molecule has 0 saturated carbocycles. The van der Waals surface area contributed by atoms with E-state index in [1.807, 2.05) is 4.90 Å². The molecule has 14 heteroatoms. The summed E-state index contributed by atoms with van der Waals surface area (Å²) < 4.78 is 31.8. The highest BCUT2D eigenvalue weighted by atomic mass is 79.9. The molecule has 1 rings (SSSR count). The lowest BCUT2D eigenvalue weighted by Gasteiger charge is -2.27. The third kappa shape index (κ3) is 13.1. The highest BCUT2D eigenvalue weighted by molar-refractivity contribution is 9.10. The lowest BCUT2D eigenvalue weighted by Crippen LogP contribution is -2.39. The van der Waals surface area contributed by atoms with E-state index in [-0.39, 0.29) is 24.7 Å². The summed E-state index contributed by atoms with van der Waals surface area (Å²) in [4.78, 5) is 41.5. The molecular weight excluding hydrogens is 590 g/mol. The summed E-state index contributed by atoms with van der Waals surface area (Å²) in [7, 11) is 9.60. The second-order valence-corrected chi connectivity index (χ2v) is 9.54. The largest absolute Gasteiger partial charge is 0.383 e. The third-order valence-electron chi connectivity index (χ3n) is 6.00. The fourth-order valence-corrected chi connectivity index (χ4v) is 4.16. The van der Waals surface area contributed by atoms with Gasteiger partial charge >= 0.3 is 0 Å². The SMILES string of the molecule is COCCN(CCOC)C(=O)Cc1nc(N(CCOC)CCOC)c(CC(=O)N(CCOC)CCOC)nc1Br. The zero-order chi connectivity index (χ0) is 29.8. The first-order chi connectivity index (χ1) is 19.4. The van der Waals surface area contributed by atoms with Gasteiger partial charge in [-0.15, -0.1) is 0 Å². The van der Waals surface area contributed by atoms with Gasteiger partial charge in [-0.25, -0.2) is 9.97 Å². The molecule has 1 aromatic rings. The lowest BCUT2D eigenvalue weighted by atomic mass is 10.2. The molecule has 0 spiro atoms. The maximum absolute atomic E-state index is 13.4. The molecule has 0 bridgehead atoms. The second kappa shape index (κ2) is 21.8. The summed E-state index contributed by atoms with van der Waals surface area (Å²) in [6, 6.07) is 0. The predicted molar refractivity (Wildman–Crippen MR) is 154 cm³/mol. The van der Waals surface area contributed by atoms with Crippen molar-refractivity contribution >= 4 is 33.6 Å². The van der Waals surface area contributed by atoms with E-state index in [1.54, 1.807) is 52.5 Å². The van der Waals surface area contributed by atoms with E-state index in [2.05, 4.69) is 15.9 Å². The van der Waals surface area contributed by atoms with Gasteiger partial charge in [0.05, 0.1) is 63.9 Å². The average molecular weight is 637 g/mol. The Balaban J connectivity index is 3.42. The highest BCUT2D eigenvalue weighted by Gasteiger charge is 2.24. The molecular formula is C26H46BrN5O8. The van der Waals surface area contributed by atoms with E-state index in [0.29, 0.717) is 101 Å². The van der Waals surface area contributed by atoms with Crippen LogP contribution in [-0.4, -0.2) is 153 Å². The van der Waals surface area contributed by atoms with Gasteiger partial charge in [0.1, 0.15) is 4.60 Å². The van der Waals surface area contributed by atoms with Gasteiger partial charge < -0.3 is 43.1 Å². The van der Waals surface area contributed by atoms with E-state index >= 15 is 0 Å². The van der Waals surface area contributed by atoms with Crippen molar-refractivity contribution in [3.05, 3.63) is 16.0 Å². The number of aromatic nitrogens is 2. The Kier molecular flexibility index (Phi) is 19.6. The van der Waals surface area contributed by atoms with Crippen molar-refractivity contribution in [2.24, 2.45) is 0 Å². The zero-order valence-corrected chi connectivity index (χ0v) is 26.4. The van der Waals surface area contributed by atoms with Crippen LogP contribution in [0.4, 0.5) is 5.82 Å². The molecule has 0 atom stereocenters. The third-order valence-corrected chi connectivity index (χ3v) is 6.64. The molecule has 0 saturated heterocycles. The Hall–Kier alpha value is -1.94. The summed E-state index contributed by atoms with van der Waals surface area (Å²) in [5, 5.41) is 0. The first-order valence-corrected chi connectivity index (χ1v) is 13.9. The van der Waals surface area contributed by atoms with Gasteiger partial charge in [0, 0.05) is 81.9 Å². The summed E-state index contributed by atoms with van der Waals surface area (Å²) in [6.07, 6.45) is 0.0191. The number of ether oxygens (including phenoxy) is 6. The van der Waals surface area contributed by atoms with E-state index < -0.39 is 0 Å². The van der Waals surface area contributed by atoms with Crippen LogP contribution in [0.15, 0.2) is 4.60 Å². The summed E-state index contributed by atoms with van der Waals surface area (Å²) in [5.41, 5.74) is 0.947. The molecule has 0 aromatic carbocycles. The van der Waals surface area contributed by atoms with Crippen LogP contribution < -0.4 is 4.90 Å². The molecule has 0 unspecified atom stereocenters.